The number of ether oxygens (including phenoxy) is 2. The molecule has 0 bridgehead atoms. The Kier molecular flexibility index (Phi) is 8.69. The van der Waals surface area contributed by atoms with E-state index in [4.69, 9.17) is 21.1 Å². The van der Waals surface area contributed by atoms with Crippen LogP contribution in [-0.4, -0.2) is 54.3 Å². The van der Waals surface area contributed by atoms with E-state index in [1.807, 2.05) is 43.8 Å². The molecular weight excluding hydrogens is 332 g/mol. The number of likely N-dealkylation sites (tertiary alicyclic amines) is 1. The van der Waals surface area contributed by atoms with Crippen molar-refractivity contribution >= 4 is 23.4 Å². The van der Waals surface area contributed by atoms with Crippen molar-refractivity contribution < 1.29 is 9.47 Å². The fraction of sp³-hybridized carbons (Fsp3) is 0.706. The maximum Gasteiger partial charge on any atom is 0.158 e. The van der Waals surface area contributed by atoms with Crippen molar-refractivity contribution in [3.63, 3.8) is 0 Å². The Morgan fingerprint density at radius 1 is 1.26 bits per heavy atom. The van der Waals surface area contributed by atoms with Gasteiger partial charge in [0.25, 0.3) is 0 Å². The summed E-state index contributed by atoms with van der Waals surface area (Å²) in [4.78, 5) is 6.88. The van der Waals surface area contributed by atoms with Gasteiger partial charge in [-0.1, -0.05) is 17.7 Å². The van der Waals surface area contributed by atoms with Gasteiger partial charge in [0, 0.05) is 31.4 Å². The van der Waals surface area contributed by atoms with Gasteiger partial charge in [0.1, 0.15) is 5.15 Å². The van der Waals surface area contributed by atoms with Crippen LogP contribution in [0.5, 0.6) is 0 Å². The summed E-state index contributed by atoms with van der Waals surface area (Å²) in [6, 6.07) is 5.83. The largest absolute Gasteiger partial charge is 0.353 e. The molecule has 1 aromatic heterocycles. The van der Waals surface area contributed by atoms with Crippen LogP contribution in [-0.2, 0) is 9.47 Å². The molecule has 0 radical (unpaired) electrons. The highest BCUT2D eigenvalue weighted by molar-refractivity contribution is 7.99. The standard InChI is InChI=1S/C17H27ClN2O2S/c1-3-21-17(22-4-2)10-13-20-11-8-14(9-12-20)23-16-7-5-6-15(18)19-16/h5-7,14,17H,3-4,8-13H2,1-2H3. The molecule has 0 atom stereocenters. The molecular formula is C17H27ClN2O2S. The second-order valence-corrected chi connectivity index (χ2v) is 7.29. The van der Waals surface area contributed by atoms with Gasteiger partial charge in [-0.25, -0.2) is 4.98 Å². The number of piperidine rings is 1. The smallest absolute Gasteiger partial charge is 0.158 e. The maximum absolute atomic E-state index is 5.95. The molecule has 0 spiro atoms. The highest BCUT2D eigenvalue weighted by Crippen LogP contribution is 2.29. The Hall–Kier alpha value is -0.330. The monoisotopic (exact) mass is 358 g/mol. The molecule has 23 heavy (non-hydrogen) atoms. The van der Waals surface area contributed by atoms with Crippen molar-refractivity contribution in [2.75, 3.05) is 32.8 Å². The van der Waals surface area contributed by atoms with E-state index in [1.165, 1.54) is 12.8 Å². The predicted octanol–water partition coefficient (Wildman–Crippen LogP) is 4.08. The average molecular weight is 359 g/mol. The van der Waals surface area contributed by atoms with E-state index in [2.05, 4.69) is 9.88 Å². The Bertz CT molecular complexity index is 450. The molecule has 0 aliphatic carbocycles. The summed E-state index contributed by atoms with van der Waals surface area (Å²) in [5.41, 5.74) is 0. The van der Waals surface area contributed by atoms with Crippen molar-refractivity contribution in [2.24, 2.45) is 0 Å². The van der Waals surface area contributed by atoms with Crippen LogP contribution in [0.1, 0.15) is 33.1 Å². The van der Waals surface area contributed by atoms with Gasteiger partial charge in [-0.3, -0.25) is 0 Å². The van der Waals surface area contributed by atoms with Gasteiger partial charge in [-0.15, -0.1) is 11.8 Å². The lowest BCUT2D eigenvalue weighted by Gasteiger charge is -2.32. The molecule has 0 aromatic carbocycles. The third-order valence-corrected chi connectivity index (χ3v) is 5.38. The zero-order chi connectivity index (χ0) is 16.5. The lowest BCUT2D eigenvalue weighted by Crippen LogP contribution is -2.37. The summed E-state index contributed by atoms with van der Waals surface area (Å²) in [5.74, 6) is 0. The van der Waals surface area contributed by atoms with Crippen molar-refractivity contribution in [2.45, 2.75) is 49.7 Å². The van der Waals surface area contributed by atoms with Crippen LogP contribution in [0, 0.1) is 0 Å². The lowest BCUT2D eigenvalue weighted by atomic mass is 10.1. The number of halogens is 1. The molecule has 1 aliphatic rings. The van der Waals surface area contributed by atoms with Crippen LogP contribution in [0.2, 0.25) is 5.15 Å². The summed E-state index contributed by atoms with van der Waals surface area (Å²) < 4.78 is 11.2. The molecule has 2 heterocycles. The number of aromatic nitrogens is 1. The molecule has 0 unspecified atom stereocenters. The van der Waals surface area contributed by atoms with E-state index < -0.39 is 0 Å². The van der Waals surface area contributed by atoms with Gasteiger partial charge < -0.3 is 14.4 Å². The number of hydrogen-bond acceptors (Lipinski definition) is 5. The fourth-order valence-electron chi connectivity index (χ4n) is 2.75. The normalized spacial score (nSPS) is 17.0. The van der Waals surface area contributed by atoms with Gasteiger partial charge in [-0.2, -0.15) is 0 Å². The minimum atomic E-state index is -0.0623. The summed E-state index contributed by atoms with van der Waals surface area (Å²) >= 11 is 7.80. The molecule has 1 fully saturated rings. The van der Waals surface area contributed by atoms with Gasteiger partial charge >= 0.3 is 0 Å². The Labute approximate surface area is 148 Å². The first-order chi connectivity index (χ1) is 11.2. The van der Waals surface area contributed by atoms with Crippen LogP contribution in [0.25, 0.3) is 0 Å². The third kappa shape index (κ3) is 6.98. The molecule has 1 aromatic rings. The van der Waals surface area contributed by atoms with Crippen molar-refractivity contribution in [1.82, 2.24) is 9.88 Å². The first-order valence-corrected chi connectivity index (χ1v) is 9.71. The summed E-state index contributed by atoms with van der Waals surface area (Å²) in [7, 11) is 0. The van der Waals surface area contributed by atoms with Gasteiger partial charge in [0.2, 0.25) is 0 Å². The molecule has 2 rings (SSSR count). The molecule has 1 aliphatic heterocycles. The van der Waals surface area contributed by atoms with Gasteiger partial charge in [0.05, 0.1) is 5.03 Å². The molecule has 0 saturated carbocycles. The lowest BCUT2D eigenvalue weighted by molar-refractivity contribution is -0.141. The van der Waals surface area contributed by atoms with E-state index in [0.717, 1.165) is 31.1 Å². The second-order valence-electron chi connectivity index (χ2n) is 5.59. The minimum absolute atomic E-state index is 0.0623. The van der Waals surface area contributed by atoms with Crippen LogP contribution in [0.15, 0.2) is 23.2 Å². The molecule has 4 nitrogen and oxygen atoms in total. The topological polar surface area (TPSA) is 34.6 Å². The van der Waals surface area contributed by atoms with E-state index in [0.29, 0.717) is 23.6 Å². The number of pyridine rings is 1. The minimum Gasteiger partial charge on any atom is -0.353 e. The molecule has 0 amide bonds. The van der Waals surface area contributed by atoms with E-state index in [-0.39, 0.29) is 6.29 Å². The predicted molar refractivity (Wildman–Crippen MR) is 96.2 cm³/mol. The fourth-order valence-corrected chi connectivity index (χ4v) is 4.06. The van der Waals surface area contributed by atoms with Crippen molar-refractivity contribution in [3.05, 3.63) is 23.4 Å². The van der Waals surface area contributed by atoms with Crippen LogP contribution in [0.4, 0.5) is 0 Å². The number of nitrogens with zero attached hydrogens (tertiary/aromatic N) is 2. The Balaban J connectivity index is 1.69. The maximum atomic E-state index is 5.95. The molecule has 0 N–H and O–H groups in total. The number of rotatable bonds is 9. The first-order valence-electron chi connectivity index (χ1n) is 8.46. The highest BCUT2D eigenvalue weighted by Gasteiger charge is 2.21. The van der Waals surface area contributed by atoms with Crippen LogP contribution in [0.3, 0.4) is 0 Å². The number of thioether (sulfide) groups is 1. The highest BCUT2D eigenvalue weighted by atomic mass is 35.5. The number of hydrogen-bond donors (Lipinski definition) is 0. The molecule has 1 saturated heterocycles. The van der Waals surface area contributed by atoms with E-state index in [1.54, 1.807) is 0 Å². The molecule has 130 valence electrons. The van der Waals surface area contributed by atoms with Crippen LogP contribution < -0.4 is 0 Å². The van der Waals surface area contributed by atoms with Crippen molar-refractivity contribution in [1.29, 1.82) is 0 Å². The Morgan fingerprint density at radius 3 is 2.57 bits per heavy atom. The Morgan fingerprint density at radius 2 is 1.96 bits per heavy atom. The zero-order valence-corrected chi connectivity index (χ0v) is 15.6. The third-order valence-electron chi connectivity index (χ3n) is 3.90. The zero-order valence-electron chi connectivity index (χ0n) is 14.0. The van der Waals surface area contributed by atoms with Gasteiger partial charge in [-0.05, 0) is 51.9 Å². The van der Waals surface area contributed by atoms with E-state index >= 15 is 0 Å². The average Bonchev–Trinajstić information content (AvgIpc) is 2.54. The van der Waals surface area contributed by atoms with E-state index in [9.17, 15) is 0 Å². The SMILES string of the molecule is CCOC(CCN1CCC(Sc2cccc(Cl)n2)CC1)OCC. The van der Waals surface area contributed by atoms with Crippen molar-refractivity contribution in [3.8, 4) is 0 Å². The van der Waals surface area contributed by atoms with Crippen LogP contribution >= 0.6 is 23.4 Å². The first kappa shape index (κ1) is 19.0. The molecule has 6 heteroatoms. The summed E-state index contributed by atoms with van der Waals surface area (Å²) in [6.45, 7) is 8.73. The van der Waals surface area contributed by atoms with Gasteiger partial charge in [0.15, 0.2) is 6.29 Å². The summed E-state index contributed by atoms with van der Waals surface area (Å²) in [5, 5.41) is 2.24. The quantitative estimate of drug-likeness (QED) is 0.491. The second kappa shape index (κ2) is 10.5. The summed E-state index contributed by atoms with van der Waals surface area (Å²) in [6.07, 6.45) is 3.25.